The molecule has 2 aromatic rings. The van der Waals surface area contributed by atoms with E-state index in [9.17, 15) is 4.79 Å². The van der Waals surface area contributed by atoms with Crippen LogP contribution in [0.4, 0.5) is 11.4 Å². The molecule has 0 aromatic heterocycles. The van der Waals surface area contributed by atoms with Gasteiger partial charge in [-0.25, -0.2) is 0 Å². The Balaban J connectivity index is 1.58. The van der Waals surface area contributed by atoms with Crippen LogP contribution in [0.2, 0.25) is 0 Å². The number of anilines is 2. The SMILES string of the molecule is COc1cccc(NCCC(=O)N2CCCc3ccccc32)c1. The summed E-state index contributed by atoms with van der Waals surface area (Å²) in [7, 11) is 1.65. The van der Waals surface area contributed by atoms with Crippen molar-refractivity contribution in [2.45, 2.75) is 19.3 Å². The summed E-state index contributed by atoms with van der Waals surface area (Å²) in [6.07, 6.45) is 2.57. The maximum Gasteiger partial charge on any atom is 0.228 e. The molecule has 1 amide bonds. The molecule has 3 rings (SSSR count). The fourth-order valence-corrected chi connectivity index (χ4v) is 2.97. The molecule has 1 aliphatic heterocycles. The van der Waals surface area contributed by atoms with Crippen LogP contribution in [-0.2, 0) is 11.2 Å². The maximum atomic E-state index is 12.5. The molecule has 4 nitrogen and oxygen atoms in total. The van der Waals surface area contributed by atoms with Crippen LogP contribution in [0.5, 0.6) is 5.75 Å². The van der Waals surface area contributed by atoms with E-state index in [1.54, 1.807) is 7.11 Å². The van der Waals surface area contributed by atoms with E-state index in [-0.39, 0.29) is 5.91 Å². The van der Waals surface area contributed by atoms with Crippen LogP contribution in [0.3, 0.4) is 0 Å². The fourth-order valence-electron chi connectivity index (χ4n) is 2.97. The van der Waals surface area contributed by atoms with Gasteiger partial charge in [-0.3, -0.25) is 4.79 Å². The van der Waals surface area contributed by atoms with E-state index in [0.717, 1.165) is 36.5 Å². The minimum absolute atomic E-state index is 0.174. The lowest BCUT2D eigenvalue weighted by atomic mass is 10.0. The van der Waals surface area contributed by atoms with Crippen LogP contribution < -0.4 is 15.0 Å². The van der Waals surface area contributed by atoms with Gasteiger partial charge in [-0.05, 0) is 36.6 Å². The number of benzene rings is 2. The molecule has 1 heterocycles. The Labute approximate surface area is 137 Å². The molecule has 0 saturated carbocycles. The molecular formula is C19H22N2O2. The van der Waals surface area contributed by atoms with Gasteiger partial charge in [0.15, 0.2) is 0 Å². The molecular weight excluding hydrogens is 288 g/mol. The zero-order valence-electron chi connectivity index (χ0n) is 13.4. The smallest absolute Gasteiger partial charge is 0.228 e. The third-order valence-corrected chi connectivity index (χ3v) is 4.15. The van der Waals surface area contributed by atoms with E-state index in [4.69, 9.17) is 4.74 Å². The summed E-state index contributed by atoms with van der Waals surface area (Å²) in [5, 5.41) is 3.29. The van der Waals surface area contributed by atoms with E-state index in [2.05, 4.69) is 11.4 Å². The van der Waals surface area contributed by atoms with Crippen molar-refractivity contribution in [3.8, 4) is 5.75 Å². The Morgan fingerprint density at radius 1 is 1.22 bits per heavy atom. The average Bonchev–Trinajstić information content (AvgIpc) is 2.61. The van der Waals surface area contributed by atoms with Crippen LogP contribution in [0.15, 0.2) is 48.5 Å². The number of methoxy groups -OCH3 is 1. The molecule has 1 aliphatic rings. The van der Waals surface area contributed by atoms with Crippen molar-refractivity contribution in [2.24, 2.45) is 0 Å². The Bertz CT molecular complexity index is 685. The molecule has 2 aromatic carbocycles. The Kier molecular flexibility index (Phi) is 4.81. The van der Waals surface area contributed by atoms with Gasteiger partial charge in [0.2, 0.25) is 5.91 Å². The van der Waals surface area contributed by atoms with Crippen LogP contribution in [0.1, 0.15) is 18.4 Å². The number of para-hydroxylation sites is 1. The lowest BCUT2D eigenvalue weighted by Crippen LogP contribution is -2.36. The van der Waals surface area contributed by atoms with Gasteiger partial charge in [-0.2, -0.15) is 0 Å². The van der Waals surface area contributed by atoms with E-state index in [1.807, 2.05) is 47.4 Å². The predicted octanol–water partition coefficient (Wildman–Crippen LogP) is 3.48. The molecule has 4 heteroatoms. The summed E-state index contributed by atoms with van der Waals surface area (Å²) in [6.45, 7) is 1.43. The molecule has 0 spiro atoms. The number of nitrogens with one attached hydrogen (secondary N) is 1. The number of carbonyl (C=O) groups is 1. The lowest BCUT2D eigenvalue weighted by Gasteiger charge is -2.29. The third kappa shape index (κ3) is 3.65. The minimum Gasteiger partial charge on any atom is -0.497 e. The van der Waals surface area contributed by atoms with Gasteiger partial charge in [-0.1, -0.05) is 24.3 Å². The summed E-state index contributed by atoms with van der Waals surface area (Å²) < 4.78 is 5.20. The first kappa shape index (κ1) is 15.4. The Morgan fingerprint density at radius 3 is 2.96 bits per heavy atom. The van der Waals surface area contributed by atoms with Crippen LogP contribution in [-0.4, -0.2) is 26.1 Å². The molecule has 0 radical (unpaired) electrons. The third-order valence-electron chi connectivity index (χ3n) is 4.15. The van der Waals surface area contributed by atoms with Gasteiger partial charge in [0.25, 0.3) is 0 Å². The summed E-state index contributed by atoms with van der Waals surface area (Å²) in [5.41, 5.74) is 3.31. The van der Waals surface area contributed by atoms with Crippen LogP contribution >= 0.6 is 0 Å². The zero-order chi connectivity index (χ0) is 16.1. The zero-order valence-corrected chi connectivity index (χ0v) is 13.4. The fraction of sp³-hybridized carbons (Fsp3) is 0.316. The second kappa shape index (κ2) is 7.18. The minimum atomic E-state index is 0.174. The Morgan fingerprint density at radius 2 is 2.09 bits per heavy atom. The summed E-state index contributed by atoms with van der Waals surface area (Å²) in [4.78, 5) is 14.5. The van der Waals surface area contributed by atoms with Gasteiger partial charge in [0, 0.05) is 37.0 Å². The topological polar surface area (TPSA) is 41.6 Å². The van der Waals surface area contributed by atoms with Crippen molar-refractivity contribution in [1.82, 2.24) is 0 Å². The first-order valence-corrected chi connectivity index (χ1v) is 8.04. The molecule has 0 aliphatic carbocycles. The van der Waals surface area contributed by atoms with Crippen molar-refractivity contribution in [1.29, 1.82) is 0 Å². The van der Waals surface area contributed by atoms with Gasteiger partial charge in [-0.15, -0.1) is 0 Å². The van der Waals surface area contributed by atoms with Crippen LogP contribution in [0, 0.1) is 0 Å². The van der Waals surface area contributed by atoms with Gasteiger partial charge in [0.05, 0.1) is 7.11 Å². The average molecular weight is 310 g/mol. The number of ether oxygens (including phenoxy) is 1. The highest BCUT2D eigenvalue weighted by Crippen LogP contribution is 2.27. The second-order valence-electron chi connectivity index (χ2n) is 5.69. The largest absolute Gasteiger partial charge is 0.497 e. The number of carbonyl (C=O) groups excluding carboxylic acids is 1. The monoisotopic (exact) mass is 310 g/mol. The Hall–Kier alpha value is -2.49. The summed E-state index contributed by atoms with van der Waals surface area (Å²) >= 11 is 0. The molecule has 0 saturated heterocycles. The molecule has 23 heavy (non-hydrogen) atoms. The standard InChI is InChI=1S/C19H22N2O2/c1-23-17-9-4-8-16(14-17)20-12-11-19(22)21-13-5-7-15-6-2-3-10-18(15)21/h2-4,6,8-10,14,20H,5,7,11-13H2,1H3. The van der Waals surface area contributed by atoms with E-state index in [0.29, 0.717) is 13.0 Å². The first-order valence-electron chi connectivity index (χ1n) is 8.04. The van der Waals surface area contributed by atoms with Gasteiger partial charge in [0.1, 0.15) is 5.75 Å². The highest BCUT2D eigenvalue weighted by Gasteiger charge is 2.21. The van der Waals surface area contributed by atoms with Crippen molar-refractivity contribution in [2.75, 3.05) is 30.4 Å². The van der Waals surface area contributed by atoms with Crippen molar-refractivity contribution < 1.29 is 9.53 Å². The van der Waals surface area contributed by atoms with E-state index in [1.165, 1.54) is 5.56 Å². The maximum absolute atomic E-state index is 12.5. The lowest BCUT2D eigenvalue weighted by molar-refractivity contribution is -0.118. The van der Waals surface area contributed by atoms with Crippen molar-refractivity contribution in [3.63, 3.8) is 0 Å². The molecule has 0 bridgehead atoms. The number of fused-ring (bicyclic) bond motifs is 1. The number of rotatable bonds is 5. The highest BCUT2D eigenvalue weighted by atomic mass is 16.5. The molecule has 0 unspecified atom stereocenters. The van der Waals surface area contributed by atoms with Crippen molar-refractivity contribution in [3.05, 3.63) is 54.1 Å². The number of hydrogen-bond acceptors (Lipinski definition) is 3. The number of nitrogens with zero attached hydrogens (tertiary/aromatic N) is 1. The molecule has 0 fully saturated rings. The summed E-state index contributed by atoms with van der Waals surface area (Å²) in [5.74, 6) is 0.985. The molecule has 120 valence electrons. The number of hydrogen-bond donors (Lipinski definition) is 1. The molecule has 1 N–H and O–H groups in total. The van der Waals surface area contributed by atoms with E-state index >= 15 is 0 Å². The van der Waals surface area contributed by atoms with Crippen molar-refractivity contribution >= 4 is 17.3 Å². The quantitative estimate of drug-likeness (QED) is 0.919. The van der Waals surface area contributed by atoms with Crippen LogP contribution in [0.25, 0.3) is 0 Å². The first-order chi connectivity index (χ1) is 11.3. The predicted molar refractivity (Wildman–Crippen MR) is 93.2 cm³/mol. The molecule has 0 atom stereocenters. The highest BCUT2D eigenvalue weighted by molar-refractivity contribution is 5.94. The summed E-state index contributed by atoms with van der Waals surface area (Å²) in [6, 6.07) is 15.9. The van der Waals surface area contributed by atoms with Gasteiger partial charge >= 0.3 is 0 Å². The van der Waals surface area contributed by atoms with Gasteiger partial charge < -0.3 is 15.0 Å². The number of aryl methyl sites for hydroxylation is 1. The second-order valence-corrected chi connectivity index (χ2v) is 5.69. The number of amides is 1. The van der Waals surface area contributed by atoms with E-state index < -0.39 is 0 Å². The normalized spacial score (nSPS) is 13.3.